The normalized spacial score (nSPS) is 31.9. The van der Waals surface area contributed by atoms with E-state index in [2.05, 4.69) is 15.8 Å². The minimum absolute atomic E-state index is 0.0876. The molecular weight excluding hydrogens is 208 g/mol. The molecule has 2 N–H and O–H groups in total. The fourth-order valence-electron chi connectivity index (χ4n) is 1.93. The van der Waals surface area contributed by atoms with Crippen LogP contribution in [-0.4, -0.2) is 43.3 Å². The number of ether oxygens (including phenoxy) is 1. The van der Waals surface area contributed by atoms with Gasteiger partial charge in [-0.1, -0.05) is 9.80 Å². The standard InChI is InChI=1S/C10H16N4O2/c1-11-10(15)13-14(6-3-5-12-14)8-9-4-2-7-16-9/h3,5-6,9H,2,4,7-8H2,1H3,(H-,11,13,15)/p+1. The first-order valence-corrected chi connectivity index (χ1v) is 5.47. The highest BCUT2D eigenvalue weighted by Gasteiger charge is 2.35. The maximum absolute atomic E-state index is 11.4. The van der Waals surface area contributed by atoms with Crippen molar-refractivity contribution in [1.82, 2.24) is 10.7 Å². The predicted molar refractivity (Wildman–Crippen MR) is 59.3 cm³/mol. The van der Waals surface area contributed by atoms with Crippen LogP contribution in [0, 0.1) is 0 Å². The Bertz CT molecular complexity index is 309. The SMILES string of the molecule is CNC(=O)N[N+]1(CC2CCCO2)C=CC=N1. The Morgan fingerprint density at radius 1 is 1.69 bits per heavy atom. The number of quaternary nitrogens is 1. The van der Waals surface area contributed by atoms with Crippen LogP contribution in [0.25, 0.3) is 0 Å². The number of carbonyl (C=O) groups excluding carboxylic acids is 1. The molecule has 0 spiro atoms. The number of carbonyl (C=O) groups is 1. The van der Waals surface area contributed by atoms with Gasteiger partial charge in [0.15, 0.2) is 6.54 Å². The molecule has 0 aromatic rings. The number of nitrogens with zero attached hydrogens (tertiary/aromatic N) is 2. The van der Waals surface area contributed by atoms with Gasteiger partial charge >= 0.3 is 6.03 Å². The Balaban J connectivity index is 2.00. The Morgan fingerprint density at radius 3 is 3.12 bits per heavy atom. The lowest BCUT2D eigenvalue weighted by molar-refractivity contribution is -0.921. The molecule has 6 nitrogen and oxygen atoms in total. The van der Waals surface area contributed by atoms with Gasteiger partial charge in [-0.2, -0.15) is 5.43 Å². The van der Waals surface area contributed by atoms with Gasteiger partial charge in [0.05, 0.1) is 6.21 Å². The monoisotopic (exact) mass is 225 g/mol. The first-order chi connectivity index (χ1) is 7.74. The molecule has 16 heavy (non-hydrogen) atoms. The number of allylic oxidation sites excluding steroid dienone is 1. The van der Waals surface area contributed by atoms with Crippen LogP contribution in [-0.2, 0) is 4.74 Å². The lowest BCUT2D eigenvalue weighted by Crippen LogP contribution is -2.57. The van der Waals surface area contributed by atoms with Crippen LogP contribution >= 0.6 is 0 Å². The molecule has 2 heterocycles. The van der Waals surface area contributed by atoms with Crippen molar-refractivity contribution in [2.45, 2.75) is 18.9 Å². The van der Waals surface area contributed by atoms with Gasteiger partial charge < -0.3 is 10.1 Å². The van der Waals surface area contributed by atoms with E-state index in [0.29, 0.717) is 6.54 Å². The number of nitrogens with one attached hydrogen (secondary N) is 2. The second-order valence-corrected chi connectivity index (χ2v) is 3.94. The molecule has 1 fully saturated rings. The second kappa shape index (κ2) is 4.63. The van der Waals surface area contributed by atoms with Crippen molar-refractivity contribution in [3.63, 3.8) is 0 Å². The summed E-state index contributed by atoms with van der Waals surface area (Å²) in [4.78, 5) is 11.4. The molecule has 0 aromatic carbocycles. The topological polar surface area (TPSA) is 62.7 Å². The Labute approximate surface area is 94.5 Å². The van der Waals surface area contributed by atoms with E-state index in [4.69, 9.17) is 4.74 Å². The van der Waals surface area contributed by atoms with Crippen molar-refractivity contribution < 1.29 is 14.2 Å². The van der Waals surface area contributed by atoms with Crippen LogP contribution in [0.1, 0.15) is 12.8 Å². The molecule has 0 saturated carbocycles. The number of hydrogen-bond acceptors (Lipinski definition) is 3. The first-order valence-electron chi connectivity index (χ1n) is 5.47. The average Bonchev–Trinajstić information content (AvgIpc) is 2.91. The smallest absolute Gasteiger partial charge is 0.361 e. The number of hydrogen-bond donors (Lipinski definition) is 2. The second-order valence-electron chi connectivity index (χ2n) is 3.94. The van der Waals surface area contributed by atoms with E-state index < -0.39 is 0 Å². The van der Waals surface area contributed by atoms with Crippen LogP contribution in [0.4, 0.5) is 4.79 Å². The number of amides is 2. The summed E-state index contributed by atoms with van der Waals surface area (Å²) in [6.45, 7) is 1.44. The molecule has 2 aliphatic heterocycles. The minimum atomic E-state index is -0.248. The van der Waals surface area contributed by atoms with Crippen molar-refractivity contribution in [2.75, 3.05) is 20.2 Å². The van der Waals surface area contributed by atoms with Gasteiger partial charge in [-0.05, 0) is 12.8 Å². The molecule has 0 bridgehead atoms. The van der Waals surface area contributed by atoms with Gasteiger partial charge in [-0.3, -0.25) is 0 Å². The summed E-state index contributed by atoms with van der Waals surface area (Å²) in [7, 11) is 1.58. The molecule has 88 valence electrons. The van der Waals surface area contributed by atoms with Gasteiger partial charge in [-0.25, -0.2) is 4.79 Å². The molecule has 2 aliphatic rings. The highest BCUT2D eigenvalue weighted by Crippen LogP contribution is 2.19. The fraction of sp³-hybridized carbons (Fsp3) is 0.600. The molecule has 1 saturated heterocycles. The van der Waals surface area contributed by atoms with E-state index in [9.17, 15) is 4.79 Å². The number of rotatable bonds is 3. The fourth-order valence-corrected chi connectivity index (χ4v) is 1.93. The van der Waals surface area contributed by atoms with E-state index in [-0.39, 0.29) is 16.8 Å². The summed E-state index contributed by atoms with van der Waals surface area (Å²) >= 11 is 0. The molecule has 2 rings (SSSR count). The molecule has 0 aromatic heterocycles. The largest absolute Gasteiger partial charge is 0.372 e. The summed E-state index contributed by atoms with van der Waals surface area (Å²) in [5, 5.41) is 6.80. The maximum atomic E-state index is 11.4. The third-order valence-corrected chi connectivity index (χ3v) is 2.72. The first kappa shape index (κ1) is 11.1. The predicted octanol–water partition coefficient (Wildman–Crippen LogP) is 0.339. The van der Waals surface area contributed by atoms with Crippen LogP contribution in [0.5, 0.6) is 0 Å². The van der Waals surface area contributed by atoms with E-state index >= 15 is 0 Å². The van der Waals surface area contributed by atoms with Crippen molar-refractivity contribution in [3.8, 4) is 0 Å². The van der Waals surface area contributed by atoms with Crippen molar-refractivity contribution >= 4 is 12.2 Å². The molecular formula is C10H17N4O2+. The summed E-state index contributed by atoms with van der Waals surface area (Å²) in [5.41, 5.74) is 2.79. The third-order valence-electron chi connectivity index (χ3n) is 2.72. The Morgan fingerprint density at radius 2 is 2.56 bits per heavy atom. The molecule has 2 amide bonds. The zero-order chi connectivity index (χ0) is 11.4. The highest BCUT2D eigenvalue weighted by atomic mass is 16.5. The Kier molecular flexibility index (Phi) is 3.21. The summed E-state index contributed by atoms with van der Waals surface area (Å²) in [6.07, 6.45) is 7.63. The van der Waals surface area contributed by atoms with E-state index in [1.54, 1.807) is 13.3 Å². The van der Waals surface area contributed by atoms with E-state index in [0.717, 1.165) is 19.4 Å². The van der Waals surface area contributed by atoms with Crippen LogP contribution in [0.2, 0.25) is 0 Å². The minimum Gasteiger partial charge on any atom is -0.372 e. The molecule has 2 unspecified atom stereocenters. The lowest BCUT2D eigenvalue weighted by Gasteiger charge is -2.27. The Hall–Kier alpha value is -1.40. The van der Waals surface area contributed by atoms with Crippen molar-refractivity contribution in [3.05, 3.63) is 12.3 Å². The van der Waals surface area contributed by atoms with Crippen molar-refractivity contribution in [2.24, 2.45) is 5.10 Å². The van der Waals surface area contributed by atoms with Gasteiger partial charge in [0.1, 0.15) is 12.3 Å². The molecule has 6 heteroatoms. The zero-order valence-corrected chi connectivity index (χ0v) is 9.35. The van der Waals surface area contributed by atoms with E-state index in [1.807, 2.05) is 12.3 Å². The van der Waals surface area contributed by atoms with Gasteiger partial charge in [-0.15, -0.1) is 0 Å². The lowest BCUT2D eigenvalue weighted by atomic mass is 10.2. The average molecular weight is 225 g/mol. The summed E-state index contributed by atoms with van der Waals surface area (Å²) in [5.74, 6) is 0. The van der Waals surface area contributed by atoms with E-state index in [1.165, 1.54) is 0 Å². The van der Waals surface area contributed by atoms with Crippen LogP contribution in [0.3, 0.4) is 0 Å². The van der Waals surface area contributed by atoms with Gasteiger partial charge in [0, 0.05) is 19.7 Å². The van der Waals surface area contributed by atoms with Crippen LogP contribution in [0.15, 0.2) is 17.4 Å². The van der Waals surface area contributed by atoms with Crippen molar-refractivity contribution in [1.29, 1.82) is 0 Å². The maximum Gasteiger partial charge on any atom is 0.361 e. The number of urea groups is 1. The molecule has 0 aliphatic carbocycles. The summed E-state index contributed by atoms with van der Waals surface area (Å²) < 4.78 is 5.65. The molecule has 2 atom stereocenters. The third kappa shape index (κ3) is 2.40. The summed E-state index contributed by atoms with van der Waals surface area (Å²) in [6, 6.07) is -0.248. The quantitative estimate of drug-likeness (QED) is 0.680. The highest BCUT2D eigenvalue weighted by molar-refractivity contribution is 5.74. The van der Waals surface area contributed by atoms with Gasteiger partial charge in [0.25, 0.3) is 0 Å². The van der Waals surface area contributed by atoms with Crippen LogP contribution < -0.4 is 10.7 Å². The van der Waals surface area contributed by atoms with Gasteiger partial charge in [0.2, 0.25) is 0 Å². The zero-order valence-electron chi connectivity index (χ0n) is 9.35. The molecule has 0 radical (unpaired) electrons.